The van der Waals surface area contributed by atoms with Gasteiger partial charge in [0.2, 0.25) is 0 Å². The number of halogens is 2. The largest absolute Gasteiger partial charge is 0.338 e. The Labute approximate surface area is 111 Å². The van der Waals surface area contributed by atoms with Crippen molar-refractivity contribution in [3.05, 3.63) is 31.8 Å². The highest BCUT2D eigenvalue weighted by Crippen LogP contribution is 2.25. The van der Waals surface area contributed by atoms with E-state index in [9.17, 15) is 4.79 Å². The van der Waals surface area contributed by atoms with Crippen LogP contribution in [-0.4, -0.2) is 23.9 Å². The summed E-state index contributed by atoms with van der Waals surface area (Å²) in [5, 5.41) is 0. The summed E-state index contributed by atoms with van der Waals surface area (Å²) in [4.78, 5) is 13.9. The van der Waals surface area contributed by atoms with Crippen LogP contribution in [0.3, 0.4) is 0 Å². The molecule has 2 rings (SSSR count). The maximum atomic E-state index is 12.0. The molecule has 80 valence electrons. The lowest BCUT2D eigenvalue weighted by atomic mass is 10.0. The van der Waals surface area contributed by atoms with E-state index in [1.165, 1.54) is 0 Å². The summed E-state index contributed by atoms with van der Waals surface area (Å²) < 4.78 is 1.99. The summed E-state index contributed by atoms with van der Waals surface area (Å²) >= 11 is 5.64. The van der Waals surface area contributed by atoms with Crippen LogP contribution in [-0.2, 0) is 0 Å². The van der Waals surface area contributed by atoms with Crippen molar-refractivity contribution in [3.63, 3.8) is 0 Å². The van der Waals surface area contributed by atoms with Gasteiger partial charge in [-0.25, -0.2) is 0 Å². The molecule has 1 fully saturated rings. The molecule has 2 nitrogen and oxygen atoms in total. The van der Waals surface area contributed by atoms with Crippen molar-refractivity contribution in [1.82, 2.24) is 4.90 Å². The van der Waals surface area contributed by atoms with Crippen LogP contribution >= 0.6 is 38.5 Å². The first-order valence-corrected chi connectivity index (χ1v) is 6.70. The van der Waals surface area contributed by atoms with Gasteiger partial charge in [0.25, 0.3) is 5.91 Å². The minimum atomic E-state index is 0.152. The minimum absolute atomic E-state index is 0.152. The third kappa shape index (κ3) is 2.20. The Morgan fingerprint density at radius 1 is 1.53 bits per heavy atom. The monoisotopic (exact) mass is 379 g/mol. The van der Waals surface area contributed by atoms with E-state index in [4.69, 9.17) is 0 Å². The Kier molecular flexibility index (Phi) is 3.35. The summed E-state index contributed by atoms with van der Waals surface area (Å²) in [5.74, 6) is 0.803. The number of likely N-dealkylation sites (tertiary alicyclic amines) is 1. The predicted octanol–water partition coefficient (Wildman–Crippen LogP) is 3.15. The highest BCUT2D eigenvalue weighted by Gasteiger charge is 2.28. The number of hydrogen-bond donors (Lipinski definition) is 0. The molecule has 15 heavy (non-hydrogen) atoms. The van der Waals surface area contributed by atoms with Crippen LogP contribution in [0.25, 0.3) is 0 Å². The summed E-state index contributed by atoms with van der Waals surface area (Å²) in [5.41, 5.74) is 0.803. The highest BCUT2D eigenvalue weighted by molar-refractivity contribution is 14.1. The molecule has 1 aliphatic heterocycles. The molecule has 1 aromatic carbocycles. The second-order valence-electron chi connectivity index (χ2n) is 3.92. The zero-order valence-electron chi connectivity index (χ0n) is 8.34. The molecule has 0 aliphatic carbocycles. The molecule has 0 N–H and O–H groups in total. The van der Waals surface area contributed by atoms with Gasteiger partial charge >= 0.3 is 0 Å². The fraction of sp³-hybridized carbons (Fsp3) is 0.364. The lowest BCUT2D eigenvalue weighted by molar-refractivity contribution is 0.0529. The van der Waals surface area contributed by atoms with Gasteiger partial charge in [-0.15, -0.1) is 0 Å². The number of nitrogens with zero attached hydrogens (tertiary/aromatic N) is 1. The van der Waals surface area contributed by atoms with E-state index in [1.54, 1.807) is 0 Å². The molecule has 0 bridgehead atoms. The van der Waals surface area contributed by atoms with Gasteiger partial charge in [-0.05, 0) is 56.6 Å². The molecule has 1 heterocycles. The van der Waals surface area contributed by atoms with Gasteiger partial charge in [0.15, 0.2) is 0 Å². The second-order valence-corrected chi connectivity index (χ2v) is 5.85. The topological polar surface area (TPSA) is 20.3 Å². The number of carbonyl (C=O) groups is 1. The molecule has 0 saturated carbocycles. The molecule has 0 unspecified atom stereocenters. The molecule has 0 radical (unpaired) electrons. The zero-order chi connectivity index (χ0) is 11.0. The molecule has 1 amide bonds. The van der Waals surface area contributed by atoms with E-state index >= 15 is 0 Å². The lowest BCUT2D eigenvalue weighted by Crippen LogP contribution is -2.48. The quantitative estimate of drug-likeness (QED) is 0.686. The number of benzene rings is 1. The first-order chi connectivity index (χ1) is 7.09. The van der Waals surface area contributed by atoms with Crippen molar-refractivity contribution in [3.8, 4) is 0 Å². The average Bonchev–Trinajstić information content (AvgIpc) is 2.16. The van der Waals surface area contributed by atoms with Crippen LogP contribution < -0.4 is 0 Å². The lowest BCUT2D eigenvalue weighted by Gasteiger charge is -2.37. The van der Waals surface area contributed by atoms with E-state index in [1.807, 2.05) is 23.1 Å². The highest BCUT2D eigenvalue weighted by atomic mass is 127. The van der Waals surface area contributed by atoms with Crippen molar-refractivity contribution in [1.29, 1.82) is 0 Å². The predicted molar refractivity (Wildman–Crippen MR) is 71.9 cm³/mol. The van der Waals surface area contributed by atoms with Crippen LogP contribution in [0.4, 0.5) is 0 Å². The fourth-order valence-corrected chi connectivity index (χ4v) is 2.66. The first kappa shape index (κ1) is 11.4. The molecule has 0 atom stereocenters. The maximum Gasteiger partial charge on any atom is 0.254 e. The fourth-order valence-electron chi connectivity index (χ4n) is 1.70. The van der Waals surface area contributed by atoms with Gasteiger partial charge in [-0.1, -0.05) is 13.0 Å². The Hall–Kier alpha value is -0.100. The summed E-state index contributed by atoms with van der Waals surface area (Å²) in [6.45, 7) is 3.94. The van der Waals surface area contributed by atoms with Gasteiger partial charge in [-0.3, -0.25) is 4.79 Å². The first-order valence-electron chi connectivity index (χ1n) is 4.83. The summed E-state index contributed by atoms with van der Waals surface area (Å²) in [6.07, 6.45) is 0. The smallest absolute Gasteiger partial charge is 0.254 e. The minimum Gasteiger partial charge on any atom is -0.338 e. The van der Waals surface area contributed by atoms with Gasteiger partial charge < -0.3 is 4.90 Å². The molecule has 1 aliphatic rings. The number of carbonyl (C=O) groups excluding carboxylic acids is 1. The third-order valence-electron chi connectivity index (χ3n) is 2.53. The van der Waals surface area contributed by atoms with Gasteiger partial charge in [0.05, 0.1) is 5.56 Å². The van der Waals surface area contributed by atoms with E-state index in [2.05, 4.69) is 45.4 Å². The molecular formula is C11H11BrINO. The van der Waals surface area contributed by atoms with Crippen molar-refractivity contribution in [2.45, 2.75) is 6.92 Å². The van der Waals surface area contributed by atoms with Crippen molar-refractivity contribution < 1.29 is 4.79 Å². The van der Waals surface area contributed by atoms with Crippen LogP contribution in [0.2, 0.25) is 0 Å². The standard InChI is InChI=1S/C11H11BrINO/c1-7-5-14(6-7)11(15)8-3-2-4-9(12)10(8)13/h2-4,7H,5-6H2,1H3. The number of amides is 1. The van der Waals surface area contributed by atoms with E-state index in [0.717, 1.165) is 26.7 Å². The molecule has 0 aromatic heterocycles. The third-order valence-corrected chi connectivity index (χ3v) is 5.10. The van der Waals surface area contributed by atoms with Gasteiger partial charge in [0.1, 0.15) is 0 Å². The molecule has 1 saturated heterocycles. The molecule has 4 heteroatoms. The molecule has 0 spiro atoms. The van der Waals surface area contributed by atoms with Crippen molar-refractivity contribution in [2.75, 3.05) is 13.1 Å². The average molecular weight is 380 g/mol. The molecular weight excluding hydrogens is 369 g/mol. The molecule has 1 aromatic rings. The zero-order valence-corrected chi connectivity index (χ0v) is 12.1. The maximum absolute atomic E-state index is 12.0. The van der Waals surface area contributed by atoms with Crippen LogP contribution in [0.15, 0.2) is 22.7 Å². The van der Waals surface area contributed by atoms with Crippen molar-refractivity contribution >= 4 is 44.4 Å². The van der Waals surface area contributed by atoms with E-state index in [0.29, 0.717) is 5.92 Å². The van der Waals surface area contributed by atoms with Crippen LogP contribution in [0.1, 0.15) is 17.3 Å². The number of hydrogen-bond acceptors (Lipinski definition) is 1. The van der Waals surface area contributed by atoms with E-state index < -0.39 is 0 Å². The summed E-state index contributed by atoms with van der Waals surface area (Å²) in [6, 6.07) is 5.75. The Morgan fingerprint density at radius 2 is 2.20 bits per heavy atom. The Balaban J connectivity index is 2.22. The van der Waals surface area contributed by atoms with Gasteiger partial charge in [0, 0.05) is 21.1 Å². The summed E-state index contributed by atoms with van der Waals surface area (Å²) in [7, 11) is 0. The SMILES string of the molecule is CC1CN(C(=O)c2cccc(Br)c2I)C1. The Bertz CT molecular complexity index is 402. The van der Waals surface area contributed by atoms with E-state index in [-0.39, 0.29) is 5.91 Å². The van der Waals surface area contributed by atoms with Crippen LogP contribution in [0, 0.1) is 9.49 Å². The Morgan fingerprint density at radius 3 is 2.80 bits per heavy atom. The number of rotatable bonds is 1. The normalized spacial score (nSPS) is 16.3. The van der Waals surface area contributed by atoms with Crippen molar-refractivity contribution in [2.24, 2.45) is 5.92 Å². The van der Waals surface area contributed by atoms with Crippen LogP contribution in [0.5, 0.6) is 0 Å². The van der Waals surface area contributed by atoms with Gasteiger partial charge in [-0.2, -0.15) is 0 Å². The second kappa shape index (κ2) is 4.41.